The summed E-state index contributed by atoms with van der Waals surface area (Å²) in [6.45, 7) is 5.54. The lowest BCUT2D eigenvalue weighted by molar-refractivity contribution is -0.144. The van der Waals surface area contributed by atoms with Gasteiger partial charge in [-0.15, -0.1) is 0 Å². The molecule has 0 atom stereocenters. The van der Waals surface area contributed by atoms with Crippen molar-refractivity contribution in [3.05, 3.63) is 23.3 Å². The molecule has 19 heavy (non-hydrogen) atoms. The number of esters is 1. The van der Waals surface area contributed by atoms with E-state index in [2.05, 4.69) is 5.32 Å². The minimum Gasteiger partial charge on any atom is -0.507 e. The van der Waals surface area contributed by atoms with Crippen molar-refractivity contribution in [3.63, 3.8) is 0 Å². The molecule has 0 saturated heterocycles. The normalized spacial score (nSPS) is 10.1. The smallest absolute Gasteiger partial charge is 0.306 e. The summed E-state index contributed by atoms with van der Waals surface area (Å²) in [5, 5.41) is 12.4. The maximum absolute atomic E-state index is 11.7. The molecule has 0 saturated carbocycles. The quantitative estimate of drug-likeness (QED) is 0.801. The lowest BCUT2D eigenvalue weighted by atomic mass is 10.1. The lowest BCUT2D eigenvalue weighted by Crippen LogP contribution is -2.15. The third-order valence-corrected chi connectivity index (χ3v) is 2.77. The van der Waals surface area contributed by atoms with Gasteiger partial charge in [-0.3, -0.25) is 9.59 Å². The Kier molecular flexibility index (Phi) is 5.36. The number of amides is 1. The topological polar surface area (TPSA) is 75.6 Å². The van der Waals surface area contributed by atoms with Crippen LogP contribution in [0, 0.1) is 13.8 Å². The highest BCUT2D eigenvalue weighted by Gasteiger charge is 2.11. The van der Waals surface area contributed by atoms with E-state index in [4.69, 9.17) is 4.74 Å². The summed E-state index contributed by atoms with van der Waals surface area (Å²) in [6.07, 6.45) is 0.115. The van der Waals surface area contributed by atoms with Crippen LogP contribution < -0.4 is 5.32 Å². The highest BCUT2D eigenvalue weighted by atomic mass is 16.5. The highest BCUT2D eigenvalue weighted by molar-refractivity contribution is 5.93. The van der Waals surface area contributed by atoms with E-state index in [0.717, 1.165) is 5.56 Å². The molecule has 0 radical (unpaired) electrons. The Morgan fingerprint density at radius 1 is 1.26 bits per heavy atom. The summed E-state index contributed by atoms with van der Waals surface area (Å²) >= 11 is 0. The van der Waals surface area contributed by atoms with Crippen molar-refractivity contribution in [3.8, 4) is 5.75 Å². The number of aromatic hydroxyl groups is 1. The Morgan fingerprint density at radius 2 is 1.95 bits per heavy atom. The molecule has 5 heteroatoms. The fourth-order valence-electron chi connectivity index (χ4n) is 1.63. The number of phenols is 1. The minimum atomic E-state index is -0.388. The van der Waals surface area contributed by atoms with Gasteiger partial charge in [0.25, 0.3) is 0 Å². The number of nitrogens with one attached hydrogen (secondary N) is 1. The predicted octanol–water partition coefficient (Wildman–Crippen LogP) is 2.29. The van der Waals surface area contributed by atoms with Crippen LogP contribution in [0.3, 0.4) is 0 Å². The first kappa shape index (κ1) is 15.0. The third kappa shape index (κ3) is 4.28. The van der Waals surface area contributed by atoms with Crippen LogP contribution in [-0.2, 0) is 14.3 Å². The van der Waals surface area contributed by atoms with E-state index in [-0.39, 0.29) is 30.5 Å². The van der Waals surface area contributed by atoms with Crippen LogP contribution in [-0.4, -0.2) is 23.6 Å². The molecule has 0 unspecified atom stereocenters. The number of aryl methyl sites for hydroxylation is 1. The van der Waals surface area contributed by atoms with E-state index < -0.39 is 0 Å². The number of anilines is 1. The van der Waals surface area contributed by atoms with Crippen LogP contribution in [0.15, 0.2) is 12.1 Å². The monoisotopic (exact) mass is 265 g/mol. The van der Waals surface area contributed by atoms with Crippen molar-refractivity contribution < 1.29 is 19.4 Å². The molecule has 5 nitrogen and oxygen atoms in total. The first-order valence-electron chi connectivity index (χ1n) is 6.20. The largest absolute Gasteiger partial charge is 0.507 e. The molecule has 0 heterocycles. The van der Waals surface area contributed by atoms with Gasteiger partial charge in [0, 0.05) is 17.7 Å². The molecule has 0 bridgehead atoms. The minimum absolute atomic E-state index is 0.0521. The molecular formula is C14H19NO4. The Labute approximate surface area is 112 Å². The van der Waals surface area contributed by atoms with Gasteiger partial charge in [0.15, 0.2) is 0 Å². The number of carbonyl (C=O) groups excluding carboxylic acids is 2. The van der Waals surface area contributed by atoms with E-state index in [0.29, 0.717) is 17.9 Å². The number of ether oxygens (including phenoxy) is 1. The maximum atomic E-state index is 11.7. The summed E-state index contributed by atoms with van der Waals surface area (Å²) < 4.78 is 4.74. The van der Waals surface area contributed by atoms with Gasteiger partial charge in [0.1, 0.15) is 5.75 Å². The van der Waals surface area contributed by atoms with E-state index in [1.54, 1.807) is 32.9 Å². The molecule has 1 amide bonds. The molecule has 104 valence electrons. The molecular weight excluding hydrogens is 246 g/mol. The second-order valence-electron chi connectivity index (χ2n) is 4.26. The SMILES string of the molecule is CCOC(=O)CCC(=O)Nc1ccc(C)c(O)c1C. The first-order valence-corrected chi connectivity index (χ1v) is 6.20. The van der Waals surface area contributed by atoms with Gasteiger partial charge in [-0.2, -0.15) is 0 Å². The second-order valence-corrected chi connectivity index (χ2v) is 4.26. The Bertz CT molecular complexity index is 483. The maximum Gasteiger partial charge on any atom is 0.306 e. The average molecular weight is 265 g/mol. The van der Waals surface area contributed by atoms with Crippen LogP contribution in [0.2, 0.25) is 0 Å². The van der Waals surface area contributed by atoms with Crippen molar-refractivity contribution in [1.29, 1.82) is 0 Å². The fourth-order valence-corrected chi connectivity index (χ4v) is 1.63. The summed E-state index contributed by atoms with van der Waals surface area (Å²) in [5.74, 6) is -0.497. The number of hydrogen-bond donors (Lipinski definition) is 2. The van der Waals surface area contributed by atoms with Gasteiger partial charge in [-0.25, -0.2) is 0 Å². The number of phenolic OH excluding ortho intramolecular Hbond substituents is 1. The lowest BCUT2D eigenvalue weighted by Gasteiger charge is -2.11. The standard InChI is InChI=1S/C14H19NO4/c1-4-19-13(17)8-7-12(16)15-11-6-5-9(2)14(18)10(11)3/h5-6,18H,4,7-8H2,1-3H3,(H,15,16). The number of rotatable bonds is 5. The zero-order valence-electron chi connectivity index (χ0n) is 11.4. The number of carbonyl (C=O) groups is 2. The van der Waals surface area contributed by atoms with Gasteiger partial charge in [0.2, 0.25) is 5.91 Å². The van der Waals surface area contributed by atoms with Crippen molar-refractivity contribution in [2.24, 2.45) is 0 Å². The summed E-state index contributed by atoms with van der Waals surface area (Å²) in [6, 6.07) is 3.45. The van der Waals surface area contributed by atoms with Gasteiger partial charge in [-0.05, 0) is 32.4 Å². The van der Waals surface area contributed by atoms with Crippen molar-refractivity contribution in [1.82, 2.24) is 0 Å². The van der Waals surface area contributed by atoms with Crippen molar-refractivity contribution in [2.75, 3.05) is 11.9 Å². The molecule has 0 aliphatic heterocycles. The van der Waals surface area contributed by atoms with Gasteiger partial charge < -0.3 is 15.2 Å². The van der Waals surface area contributed by atoms with E-state index in [9.17, 15) is 14.7 Å². The summed E-state index contributed by atoms with van der Waals surface area (Å²) in [7, 11) is 0. The third-order valence-electron chi connectivity index (χ3n) is 2.77. The molecule has 0 aliphatic carbocycles. The second kappa shape index (κ2) is 6.78. The Hall–Kier alpha value is -2.04. The molecule has 2 N–H and O–H groups in total. The first-order chi connectivity index (χ1) is 8.95. The van der Waals surface area contributed by atoms with E-state index >= 15 is 0 Å². The highest BCUT2D eigenvalue weighted by Crippen LogP contribution is 2.28. The van der Waals surface area contributed by atoms with Crippen molar-refractivity contribution >= 4 is 17.6 Å². The summed E-state index contributed by atoms with van der Waals surface area (Å²) in [5.41, 5.74) is 1.92. The predicted molar refractivity (Wildman–Crippen MR) is 72.1 cm³/mol. The van der Waals surface area contributed by atoms with Gasteiger partial charge in [-0.1, -0.05) is 6.07 Å². The number of benzene rings is 1. The van der Waals surface area contributed by atoms with E-state index in [1.165, 1.54) is 0 Å². The molecule has 0 fully saturated rings. The van der Waals surface area contributed by atoms with Crippen molar-refractivity contribution in [2.45, 2.75) is 33.6 Å². The summed E-state index contributed by atoms with van der Waals surface area (Å²) in [4.78, 5) is 22.8. The zero-order chi connectivity index (χ0) is 14.4. The fraction of sp³-hybridized carbons (Fsp3) is 0.429. The van der Waals surface area contributed by atoms with Crippen LogP contribution in [0.25, 0.3) is 0 Å². The molecule has 0 aromatic heterocycles. The molecule has 1 aromatic rings. The number of hydrogen-bond acceptors (Lipinski definition) is 4. The van der Waals surface area contributed by atoms with E-state index in [1.807, 2.05) is 0 Å². The molecule has 0 aliphatic rings. The molecule has 0 spiro atoms. The Morgan fingerprint density at radius 3 is 2.58 bits per heavy atom. The Balaban J connectivity index is 2.58. The van der Waals surface area contributed by atoms with Crippen LogP contribution in [0.1, 0.15) is 30.9 Å². The average Bonchev–Trinajstić information content (AvgIpc) is 2.37. The van der Waals surface area contributed by atoms with Crippen LogP contribution in [0.5, 0.6) is 5.75 Å². The van der Waals surface area contributed by atoms with Crippen LogP contribution in [0.4, 0.5) is 5.69 Å². The van der Waals surface area contributed by atoms with Gasteiger partial charge >= 0.3 is 5.97 Å². The molecule has 1 aromatic carbocycles. The zero-order valence-corrected chi connectivity index (χ0v) is 11.4. The van der Waals surface area contributed by atoms with Gasteiger partial charge in [0.05, 0.1) is 13.0 Å². The van der Waals surface area contributed by atoms with Crippen LogP contribution >= 0.6 is 0 Å². The molecule has 1 rings (SSSR count).